The summed E-state index contributed by atoms with van der Waals surface area (Å²) in [7, 11) is 0. The highest BCUT2D eigenvalue weighted by molar-refractivity contribution is 9.10. The summed E-state index contributed by atoms with van der Waals surface area (Å²) in [6, 6.07) is 12.8. The second kappa shape index (κ2) is 33.8. The molecule has 0 fully saturated rings. The highest BCUT2D eigenvalue weighted by Crippen LogP contribution is 2.40. The van der Waals surface area contributed by atoms with Crippen LogP contribution < -0.4 is 18.9 Å². The highest BCUT2D eigenvalue weighted by atomic mass is 79.9. The number of carbonyl (C=O) groups is 2. The van der Waals surface area contributed by atoms with Crippen molar-refractivity contribution < 1.29 is 49.0 Å². The standard InChI is InChI=1S/C58H80Br2N2O10/c1-5-9-13-17-21-25-29-69-43-33-41(34-44(37-43)70-30-26-22-18-14-10-6-2)61-55(63)47-39-49(59)53(52-48(57(65)66)40-50(60)54(51(47)52)58(67)68)56(64)62-42-35-45(71-31-27-23-19-15-11-7-3)38-46(36-42)72-32-28-24-20-16-12-8-4/h33-40H,5-32H2,1-4H3,(H,61,63)(H,62,64)(H,65,66)(H,67,68). The Morgan fingerprint density at radius 3 is 1.04 bits per heavy atom. The molecule has 0 amide bonds. The van der Waals surface area contributed by atoms with Gasteiger partial charge in [0.15, 0.2) is 0 Å². The molecule has 12 nitrogen and oxygen atoms in total. The van der Waals surface area contributed by atoms with Crippen LogP contribution >= 0.6 is 31.9 Å². The van der Waals surface area contributed by atoms with E-state index in [0.29, 0.717) is 49.4 Å². The van der Waals surface area contributed by atoms with Crippen molar-refractivity contribution >= 4 is 77.7 Å². The third-order valence-corrected chi connectivity index (χ3v) is 13.7. The van der Waals surface area contributed by atoms with Gasteiger partial charge in [-0.15, -0.1) is 0 Å². The minimum absolute atomic E-state index is 0.0588. The molecule has 0 saturated carbocycles. The van der Waals surface area contributed by atoms with Crippen molar-refractivity contribution in [3.8, 4) is 23.0 Å². The van der Waals surface area contributed by atoms with Crippen LogP contribution in [-0.2, 0) is 0 Å². The predicted octanol–water partition coefficient (Wildman–Crippen LogP) is 18.0. The number of fused-ring (bicyclic) bond motifs is 1. The van der Waals surface area contributed by atoms with E-state index in [1.165, 1.54) is 83.1 Å². The van der Waals surface area contributed by atoms with Crippen molar-refractivity contribution in [2.24, 2.45) is 9.98 Å². The van der Waals surface area contributed by atoms with Gasteiger partial charge in [-0.25, -0.2) is 19.6 Å². The van der Waals surface area contributed by atoms with Crippen LogP contribution in [0.25, 0.3) is 10.8 Å². The van der Waals surface area contributed by atoms with Gasteiger partial charge in [-0.3, -0.25) is 0 Å². The first-order chi connectivity index (χ1) is 34.9. The summed E-state index contributed by atoms with van der Waals surface area (Å²) in [5.41, 5.74) is -0.413. The normalized spacial score (nSPS) is 11.9. The van der Waals surface area contributed by atoms with E-state index in [9.17, 15) is 30.0 Å². The number of aliphatic hydroxyl groups excluding tert-OH is 2. The molecule has 4 aromatic carbocycles. The fraction of sp³-hybridized carbons (Fsp3) is 0.552. The molecule has 0 unspecified atom stereocenters. The van der Waals surface area contributed by atoms with Crippen molar-refractivity contribution in [3.05, 3.63) is 79.7 Å². The fourth-order valence-corrected chi connectivity index (χ4v) is 9.77. The van der Waals surface area contributed by atoms with E-state index < -0.39 is 23.7 Å². The van der Waals surface area contributed by atoms with Crippen LogP contribution in [0.5, 0.6) is 23.0 Å². The molecule has 0 aliphatic heterocycles. The first kappa shape index (κ1) is 59.7. The van der Waals surface area contributed by atoms with Gasteiger partial charge in [-0.2, -0.15) is 0 Å². The Morgan fingerprint density at radius 1 is 0.389 bits per heavy atom. The van der Waals surface area contributed by atoms with E-state index in [-0.39, 0.29) is 53.3 Å². The molecule has 0 aromatic heterocycles. The SMILES string of the molecule is CCCCCCCCOc1cc(N=C(O)c2cc(Br)c(C(O)=Nc3cc(OCCCCCCCC)cc(OCCCCCCCC)c3)c3c(C(=O)O)cc(Br)c(C(=O)O)c23)cc(OCCCCCCCC)c1. The molecule has 0 atom stereocenters. The Morgan fingerprint density at radius 2 is 0.694 bits per heavy atom. The molecule has 0 radical (unpaired) electrons. The van der Waals surface area contributed by atoms with Gasteiger partial charge in [0.1, 0.15) is 23.0 Å². The van der Waals surface area contributed by atoms with Gasteiger partial charge in [-0.1, -0.05) is 156 Å². The summed E-state index contributed by atoms with van der Waals surface area (Å²) >= 11 is 6.84. The van der Waals surface area contributed by atoms with E-state index >= 15 is 0 Å². The minimum Gasteiger partial charge on any atom is -0.493 e. The lowest BCUT2D eigenvalue weighted by atomic mass is 9.91. The maximum atomic E-state index is 13.2. The van der Waals surface area contributed by atoms with E-state index in [1.807, 2.05) is 0 Å². The summed E-state index contributed by atoms with van der Waals surface area (Å²) in [5.74, 6) is -2.09. The van der Waals surface area contributed by atoms with Gasteiger partial charge in [0.25, 0.3) is 0 Å². The number of benzene rings is 4. The molecule has 0 heterocycles. The van der Waals surface area contributed by atoms with E-state index in [1.54, 1.807) is 36.4 Å². The predicted molar refractivity (Wildman–Crippen MR) is 299 cm³/mol. The van der Waals surface area contributed by atoms with Crippen LogP contribution in [0.2, 0.25) is 0 Å². The molecule has 0 aliphatic carbocycles. The molecule has 14 heteroatoms. The van der Waals surface area contributed by atoms with Crippen molar-refractivity contribution in [1.29, 1.82) is 0 Å². The Balaban J connectivity index is 1.80. The Bertz CT molecular complexity index is 2300. The van der Waals surface area contributed by atoms with Gasteiger partial charge in [0, 0.05) is 61.7 Å². The average Bonchev–Trinajstić information content (AvgIpc) is 3.34. The van der Waals surface area contributed by atoms with Crippen LogP contribution in [0.4, 0.5) is 11.4 Å². The van der Waals surface area contributed by atoms with Gasteiger partial charge >= 0.3 is 11.9 Å². The summed E-state index contributed by atoms with van der Waals surface area (Å²) in [6.07, 6.45) is 26.3. The first-order valence-electron chi connectivity index (χ1n) is 26.7. The zero-order valence-electron chi connectivity index (χ0n) is 43.3. The minimum atomic E-state index is -1.42. The van der Waals surface area contributed by atoms with Crippen molar-refractivity contribution in [3.63, 3.8) is 0 Å². The molecule has 0 spiro atoms. The number of hydrogen-bond acceptors (Lipinski definition) is 8. The Hall–Kier alpha value is -4.82. The average molecular weight is 1130 g/mol. The van der Waals surface area contributed by atoms with Crippen molar-refractivity contribution in [1.82, 2.24) is 0 Å². The zero-order chi connectivity index (χ0) is 52.1. The van der Waals surface area contributed by atoms with Crippen molar-refractivity contribution in [2.75, 3.05) is 26.4 Å². The molecule has 396 valence electrons. The lowest BCUT2D eigenvalue weighted by Crippen LogP contribution is -2.13. The number of aromatic carboxylic acids is 2. The van der Waals surface area contributed by atoms with E-state index in [0.717, 1.165) is 83.1 Å². The van der Waals surface area contributed by atoms with Crippen LogP contribution in [0.3, 0.4) is 0 Å². The second-order valence-corrected chi connectivity index (χ2v) is 20.3. The zero-order valence-corrected chi connectivity index (χ0v) is 46.5. The number of carboxylic acid groups (broad SMARTS) is 2. The van der Waals surface area contributed by atoms with Crippen LogP contribution in [0.1, 0.15) is 214 Å². The maximum Gasteiger partial charge on any atom is 0.337 e. The number of aliphatic imine (C=N–C) groups is 2. The molecule has 4 aromatic rings. The van der Waals surface area contributed by atoms with E-state index in [4.69, 9.17) is 18.9 Å². The van der Waals surface area contributed by atoms with Crippen molar-refractivity contribution in [2.45, 2.75) is 182 Å². The molecule has 0 bridgehead atoms. The molecular weight excluding hydrogens is 1040 g/mol. The lowest BCUT2D eigenvalue weighted by Gasteiger charge is -2.18. The molecule has 4 N–H and O–H groups in total. The molecule has 72 heavy (non-hydrogen) atoms. The van der Waals surface area contributed by atoms with Gasteiger partial charge in [-0.05, 0) is 69.7 Å². The van der Waals surface area contributed by atoms with Gasteiger partial charge in [0.2, 0.25) is 11.8 Å². The molecule has 4 rings (SSSR count). The Kier molecular flexibility index (Phi) is 28.1. The smallest absolute Gasteiger partial charge is 0.337 e. The van der Waals surface area contributed by atoms with Gasteiger partial charge < -0.3 is 39.4 Å². The quantitative estimate of drug-likeness (QED) is 0.0192. The number of carboxylic acids is 2. The van der Waals surface area contributed by atoms with Gasteiger partial charge in [0.05, 0.1) is 54.5 Å². The molecular formula is C58H80Br2N2O10. The molecule has 0 saturated heterocycles. The lowest BCUT2D eigenvalue weighted by molar-refractivity contribution is 0.0683. The maximum absolute atomic E-state index is 13.2. The third kappa shape index (κ3) is 20.2. The van der Waals surface area contributed by atoms with E-state index in [2.05, 4.69) is 69.5 Å². The monoisotopic (exact) mass is 1120 g/mol. The number of halogens is 2. The fourth-order valence-electron chi connectivity index (χ4n) is 8.57. The molecule has 0 aliphatic rings. The second-order valence-electron chi connectivity index (χ2n) is 18.6. The topological polar surface area (TPSA) is 177 Å². The van der Waals surface area contributed by atoms with Crippen LogP contribution in [0.15, 0.2) is 67.5 Å². The Labute approximate surface area is 445 Å². The summed E-state index contributed by atoms with van der Waals surface area (Å²) in [4.78, 5) is 35.4. The number of ether oxygens (including phenoxy) is 4. The third-order valence-electron chi connectivity index (χ3n) is 12.5. The van der Waals surface area contributed by atoms with Crippen LogP contribution in [0, 0.1) is 0 Å². The highest BCUT2D eigenvalue weighted by Gasteiger charge is 2.29. The number of unbranched alkanes of at least 4 members (excludes halogenated alkanes) is 20. The number of aliphatic hydroxyl groups is 2. The number of nitrogens with zero attached hydrogens (tertiary/aromatic N) is 2. The summed E-state index contributed by atoms with van der Waals surface area (Å²) in [5, 5.41) is 45.1. The summed E-state index contributed by atoms with van der Waals surface area (Å²) < 4.78 is 24.8. The first-order valence-corrected chi connectivity index (χ1v) is 28.3. The summed E-state index contributed by atoms with van der Waals surface area (Å²) in [6.45, 7) is 10.7. The largest absolute Gasteiger partial charge is 0.493 e. The number of rotatable bonds is 38. The number of hydrogen-bond donors (Lipinski definition) is 4. The van der Waals surface area contributed by atoms with Crippen LogP contribution in [-0.4, -0.2) is 70.6 Å².